The molecule has 0 saturated carbocycles. The summed E-state index contributed by atoms with van der Waals surface area (Å²) in [5.41, 5.74) is -0.623. The molecule has 0 rings (SSSR count). The second-order valence-electron chi connectivity index (χ2n) is 8.51. The van der Waals surface area contributed by atoms with E-state index in [0.29, 0.717) is 0 Å². The minimum absolute atomic E-state index is 0.623. The third-order valence-corrected chi connectivity index (χ3v) is 5.91. The van der Waals surface area contributed by atoms with Gasteiger partial charge >= 0.3 is 0 Å². The van der Waals surface area contributed by atoms with Gasteiger partial charge in [0.2, 0.25) is 0 Å². The van der Waals surface area contributed by atoms with E-state index in [4.69, 9.17) is 0 Å². The number of hydrogen-bond acceptors (Lipinski definition) is 2. The van der Waals surface area contributed by atoms with Crippen LogP contribution in [0.25, 0.3) is 0 Å². The monoisotopic (exact) mass is 369 g/mol. The normalized spacial score (nSPS) is 14.1. The quantitative estimate of drug-likeness (QED) is 0.176. The van der Waals surface area contributed by atoms with Gasteiger partial charge in [0.1, 0.15) is 5.72 Å². The van der Waals surface area contributed by atoms with Crippen LogP contribution in [0.4, 0.5) is 0 Å². The van der Waals surface area contributed by atoms with Gasteiger partial charge in [-0.05, 0) is 26.2 Å². The summed E-state index contributed by atoms with van der Waals surface area (Å²) < 4.78 is 0. The second-order valence-corrected chi connectivity index (χ2v) is 8.51. The Balaban J connectivity index is 3.82. The first-order valence-corrected chi connectivity index (χ1v) is 12.1. The first-order chi connectivity index (χ1) is 12.6. The zero-order valence-electron chi connectivity index (χ0n) is 18.8. The van der Waals surface area contributed by atoms with Crippen LogP contribution in [-0.2, 0) is 0 Å². The molecule has 0 fully saturated rings. The minimum Gasteiger partial charge on any atom is -0.376 e. The highest BCUT2D eigenvalue weighted by atomic mass is 16.3. The average molecular weight is 370 g/mol. The standard InChI is InChI=1S/C24H51NO/c1-5-8-10-12-14-16-18-20-22-25(24(4,26)7-3)23-21-19-17-15-13-11-9-6-2/h26H,5-23H2,1-4H3. The summed E-state index contributed by atoms with van der Waals surface area (Å²) in [5, 5.41) is 10.7. The van der Waals surface area contributed by atoms with Crippen LogP contribution in [0.3, 0.4) is 0 Å². The number of aliphatic hydroxyl groups is 1. The van der Waals surface area contributed by atoms with Gasteiger partial charge < -0.3 is 5.11 Å². The molecule has 1 N–H and O–H groups in total. The highest BCUT2D eigenvalue weighted by molar-refractivity contribution is 4.73. The third-order valence-electron chi connectivity index (χ3n) is 5.91. The lowest BCUT2D eigenvalue weighted by molar-refractivity contribution is -0.0974. The molecule has 0 aromatic rings. The van der Waals surface area contributed by atoms with Crippen molar-refractivity contribution >= 4 is 0 Å². The SMILES string of the molecule is CCCCCCCCCCN(CCCCCCCCCC)C(C)(O)CC. The molecular weight excluding hydrogens is 318 g/mol. The summed E-state index contributed by atoms with van der Waals surface area (Å²) in [6.45, 7) is 10.8. The summed E-state index contributed by atoms with van der Waals surface area (Å²) >= 11 is 0. The Bertz CT molecular complexity index is 257. The van der Waals surface area contributed by atoms with Crippen molar-refractivity contribution in [1.29, 1.82) is 0 Å². The van der Waals surface area contributed by atoms with E-state index in [2.05, 4.69) is 25.7 Å². The molecule has 0 spiro atoms. The van der Waals surface area contributed by atoms with Crippen LogP contribution in [0.2, 0.25) is 0 Å². The predicted octanol–water partition coefficient (Wildman–Crippen LogP) is 7.69. The van der Waals surface area contributed by atoms with Crippen LogP contribution >= 0.6 is 0 Å². The lowest BCUT2D eigenvalue weighted by Crippen LogP contribution is -2.46. The van der Waals surface area contributed by atoms with Crippen molar-refractivity contribution in [2.75, 3.05) is 13.1 Å². The van der Waals surface area contributed by atoms with E-state index in [1.165, 1.54) is 103 Å². The summed E-state index contributed by atoms with van der Waals surface area (Å²) in [4.78, 5) is 2.35. The smallest absolute Gasteiger partial charge is 0.115 e. The maximum absolute atomic E-state index is 10.7. The van der Waals surface area contributed by atoms with E-state index in [-0.39, 0.29) is 0 Å². The van der Waals surface area contributed by atoms with Crippen molar-refractivity contribution in [2.45, 2.75) is 143 Å². The van der Waals surface area contributed by atoms with Crippen molar-refractivity contribution in [3.8, 4) is 0 Å². The van der Waals surface area contributed by atoms with Gasteiger partial charge in [-0.3, -0.25) is 4.90 Å². The van der Waals surface area contributed by atoms with Crippen LogP contribution in [0, 0.1) is 0 Å². The van der Waals surface area contributed by atoms with E-state index in [0.717, 1.165) is 19.5 Å². The van der Waals surface area contributed by atoms with E-state index in [9.17, 15) is 5.11 Å². The molecule has 1 atom stereocenters. The molecular formula is C24H51NO. The molecule has 26 heavy (non-hydrogen) atoms. The molecule has 0 bridgehead atoms. The van der Waals surface area contributed by atoms with E-state index in [1.807, 2.05) is 6.92 Å². The summed E-state index contributed by atoms with van der Waals surface area (Å²) in [6, 6.07) is 0. The van der Waals surface area contributed by atoms with Gasteiger partial charge in [-0.15, -0.1) is 0 Å². The Morgan fingerprint density at radius 2 is 0.846 bits per heavy atom. The maximum Gasteiger partial charge on any atom is 0.115 e. The summed E-state index contributed by atoms with van der Waals surface area (Å²) in [6.07, 6.45) is 22.5. The first kappa shape index (κ1) is 25.9. The molecule has 0 aromatic carbocycles. The molecule has 0 aromatic heterocycles. The van der Waals surface area contributed by atoms with Gasteiger partial charge in [0.15, 0.2) is 0 Å². The van der Waals surface area contributed by atoms with Crippen molar-refractivity contribution in [3.05, 3.63) is 0 Å². The number of rotatable bonds is 20. The highest BCUT2D eigenvalue weighted by Gasteiger charge is 2.25. The van der Waals surface area contributed by atoms with Gasteiger partial charge in [-0.2, -0.15) is 0 Å². The third kappa shape index (κ3) is 15.0. The Kier molecular flexibility index (Phi) is 18.2. The number of unbranched alkanes of at least 4 members (excludes halogenated alkanes) is 14. The second kappa shape index (κ2) is 18.3. The van der Waals surface area contributed by atoms with E-state index >= 15 is 0 Å². The Labute approximate surface area is 166 Å². The molecule has 0 amide bonds. The summed E-state index contributed by atoms with van der Waals surface area (Å²) in [5.74, 6) is 0. The Morgan fingerprint density at radius 3 is 1.15 bits per heavy atom. The van der Waals surface area contributed by atoms with Crippen LogP contribution in [-0.4, -0.2) is 28.8 Å². The lowest BCUT2D eigenvalue weighted by atomic mass is 10.1. The van der Waals surface area contributed by atoms with Crippen molar-refractivity contribution in [3.63, 3.8) is 0 Å². The lowest BCUT2D eigenvalue weighted by Gasteiger charge is -2.36. The molecule has 2 nitrogen and oxygen atoms in total. The molecule has 0 aliphatic carbocycles. The Morgan fingerprint density at radius 1 is 0.538 bits per heavy atom. The maximum atomic E-state index is 10.7. The van der Waals surface area contributed by atoms with Gasteiger partial charge in [0.05, 0.1) is 0 Å². The average Bonchev–Trinajstić information content (AvgIpc) is 2.64. The zero-order valence-corrected chi connectivity index (χ0v) is 18.8. The summed E-state index contributed by atoms with van der Waals surface area (Å²) in [7, 11) is 0. The molecule has 0 saturated heterocycles. The number of hydrogen-bond donors (Lipinski definition) is 1. The van der Waals surface area contributed by atoms with Gasteiger partial charge in [-0.1, -0.05) is 111 Å². The molecule has 0 aliphatic rings. The Hall–Kier alpha value is -0.0800. The molecule has 0 heterocycles. The van der Waals surface area contributed by atoms with Crippen molar-refractivity contribution in [2.24, 2.45) is 0 Å². The zero-order chi connectivity index (χ0) is 19.5. The minimum atomic E-state index is -0.623. The predicted molar refractivity (Wildman–Crippen MR) is 118 cm³/mol. The molecule has 0 radical (unpaired) electrons. The fourth-order valence-electron chi connectivity index (χ4n) is 3.69. The van der Waals surface area contributed by atoms with Gasteiger partial charge in [0.25, 0.3) is 0 Å². The van der Waals surface area contributed by atoms with Gasteiger partial charge in [0, 0.05) is 13.1 Å². The van der Waals surface area contributed by atoms with E-state index < -0.39 is 5.72 Å². The van der Waals surface area contributed by atoms with Crippen LogP contribution in [0.15, 0.2) is 0 Å². The van der Waals surface area contributed by atoms with E-state index in [1.54, 1.807) is 0 Å². The van der Waals surface area contributed by atoms with Crippen LogP contribution in [0.5, 0.6) is 0 Å². The van der Waals surface area contributed by atoms with Gasteiger partial charge in [-0.25, -0.2) is 0 Å². The molecule has 0 aliphatic heterocycles. The van der Waals surface area contributed by atoms with Crippen molar-refractivity contribution in [1.82, 2.24) is 4.90 Å². The highest BCUT2D eigenvalue weighted by Crippen LogP contribution is 2.19. The first-order valence-electron chi connectivity index (χ1n) is 12.1. The molecule has 158 valence electrons. The molecule has 2 heteroatoms. The van der Waals surface area contributed by atoms with Crippen LogP contribution < -0.4 is 0 Å². The molecule has 1 unspecified atom stereocenters. The largest absolute Gasteiger partial charge is 0.376 e. The van der Waals surface area contributed by atoms with Crippen LogP contribution in [0.1, 0.15) is 137 Å². The fraction of sp³-hybridized carbons (Fsp3) is 1.00. The van der Waals surface area contributed by atoms with Crippen molar-refractivity contribution < 1.29 is 5.11 Å². The topological polar surface area (TPSA) is 23.5 Å². The fourth-order valence-corrected chi connectivity index (χ4v) is 3.69. The number of nitrogens with zero attached hydrogens (tertiary/aromatic N) is 1.